The Labute approximate surface area is 127 Å². The predicted octanol–water partition coefficient (Wildman–Crippen LogP) is 4.02. The maximum Gasteiger partial charge on any atom is 0.179 e. The van der Waals surface area contributed by atoms with Gasteiger partial charge in [-0.25, -0.2) is 4.98 Å². The first-order chi connectivity index (χ1) is 9.65. The van der Waals surface area contributed by atoms with E-state index in [1.807, 2.05) is 18.2 Å². The van der Waals surface area contributed by atoms with Crippen LogP contribution in [0.3, 0.4) is 0 Å². The van der Waals surface area contributed by atoms with E-state index in [-0.39, 0.29) is 0 Å². The summed E-state index contributed by atoms with van der Waals surface area (Å²) in [5.74, 6) is 1.14. The first-order valence-electron chi connectivity index (χ1n) is 5.90. The number of anilines is 1. The van der Waals surface area contributed by atoms with Crippen molar-refractivity contribution in [2.24, 2.45) is 0 Å². The lowest BCUT2D eigenvalue weighted by atomic mass is 10.2. The number of methoxy groups -OCH3 is 2. The Bertz CT molecular complexity index is 588. The number of pyridine rings is 1. The Kier molecular flexibility index (Phi) is 4.93. The minimum absolute atomic E-state index is 0.458. The molecular formula is C14H14Cl2N2O2. The molecule has 0 aliphatic rings. The Balaban J connectivity index is 2.15. The normalized spacial score (nSPS) is 10.2. The van der Waals surface area contributed by atoms with Crippen molar-refractivity contribution >= 4 is 28.9 Å². The van der Waals surface area contributed by atoms with Gasteiger partial charge in [-0.3, -0.25) is 0 Å². The molecule has 6 heteroatoms. The summed E-state index contributed by atoms with van der Waals surface area (Å²) in [4.78, 5) is 4.00. The van der Waals surface area contributed by atoms with E-state index in [0.717, 1.165) is 11.3 Å². The van der Waals surface area contributed by atoms with Crippen molar-refractivity contribution in [3.8, 4) is 11.5 Å². The molecule has 20 heavy (non-hydrogen) atoms. The van der Waals surface area contributed by atoms with Crippen LogP contribution in [0.25, 0.3) is 0 Å². The summed E-state index contributed by atoms with van der Waals surface area (Å²) in [5, 5.41) is 4.20. The van der Waals surface area contributed by atoms with E-state index in [2.05, 4.69) is 10.3 Å². The summed E-state index contributed by atoms with van der Waals surface area (Å²) in [6.07, 6.45) is 1.66. The molecule has 1 heterocycles. The standard InChI is InChI=1S/C14H14Cl2N2O2/c1-19-11-5-3-9(13(16)14(11)20-2)7-17-10-4-6-12(15)18-8-10/h3-6,8,17H,7H2,1-2H3. The second-order valence-corrected chi connectivity index (χ2v) is 4.76. The van der Waals surface area contributed by atoms with E-state index in [4.69, 9.17) is 32.7 Å². The number of rotatable bonds is 5. The number of aromatic nitrogens is 1. The van der Waals surface area contributed by atoms with Crippen LogP contribution in [-0.2, 0) is 6.54 Å². The first kappa shape index (κ1) is 14.8. The van der Waals surface area contributed by atoms with Crippen LogP contribution in [0.2, 0.25) is 10.2 Å². The molecule has 1 aromatic heterocycles. The molecule has 0 aliphatic carbocycles. The average molecular weight is 313 g/mol. The monoisotopic (exact) mass is 312 g/mol. The van der Waals surface area contributed by atoms with Gasteiger partial charge in [0.25, 0.3) is 0 Å². The largest absolute Gasteiger partial charge is 0.493 e. The maximum absolute atomic E-state index is 6.30. The van der Waals surface area contributed by atoms with Gasteiger partial charge in [-0.05, 0) is 23.8 Å². The van der Waals surface area contributed by atoms with Crippen molar-refractivity contribution in [1.82, 2.24) is 4.98 Å². The fraction of sp³-hybridized carbons (Fsp3) is 0.214. The summed E-state index contributed by atoms with van der Waals surface area (Å²) < 4.78 is 10.5. The molecule has 0 aliphatic heterocycles. The van der Waals surface area contributed by atoms with E-state index >= 15 is 0 Å². The van der Waals surface area contributed by atoms with Gasteiger partial charge in [-0.1, -0.05) is 29.3 Å². The number of benzene rings is 1. The highest BCUT2D eigenvalue weighted by Gasteiger charge is 2.12. The van der Waals surface area contributed by atoms with Crippen LogP contribution in [0.5, 0.6) is 11.5 Å². The second-order valence-electron chi connectivity index (χ2n) is 4.00. The summed E-state index contributed by atoms with van der Waals surface area (Å²) in [6.45, 7) is 0.544. The van der Waals surface area contributed by atoms with Crippen LogP contribution in [0.1, 0.15) is 5.56 Å². The van der Waals surface area contributed by atoms with Crippen LogP contribution in [0.15, 0.2) is 30.5 Å². The van der Waals surface area contributed by atoms with Crippen LogP contribution in [0.4, 0.5) is 5.69 Å². The van der Waals surface area contributed by atoms with Gasteiger partial charge < -0.3 is 14.8 Å². The lowest BCUT2D eigenvalue weighted by molar-refractivity contribution is 0.355. The van der Waals surface area contributed by atoms with Gasteiger partial charge in [0.2, 0.25) is 0 Å². The molecule has 0 unspecified atom stereocenters. The number of nitrogens with zero attached hydrogens (tertiary/aromatic N) is 1. The Morgan fingerprint density at radius 3 is 2.50 bits per heavy atom. The van der Waals surface area contributed by atoms with Gasteiger partial charge in [0.15, 0.2) is 11.5 Å². The molecule has 0 saturated heterocycles. The molecule has 0 spiro atoms. The zero-order valence-electron chi connectivity index (χ0n) is 11.1. The van der Waals surface area contributed by atoms with E-state index in [1.165, 1.54) is 0 Å². The fourth-order valence-corrected chi connectivity index (χ4v) is 2.16. The quantitative estimate of drug-likeness (QED) is 0.847. The SMILES string of the molecule is COc1ccc(CNc2ccc(Cl)nc2)c(Cl)c1OC. The van der Waals surface area contributed by atoms with Crippen molar-refractivity contribution in [2.75, 3.05) is 19.5 Å². The van der Waals surface area contributed by atoms with Crippen molar-refractivity contribution in [3.63, 3.8) is 0 Å². The number of hydrogen-bond acceptors (Lipinski definition) is 4. The molecule has 4 nitrogen and oxygen atoms in total. The molecular weight excluding hydrogens is 299 g/mol. The highest BCUT2D eigenvalue weighted by molar-refractivity contribution is 6.33. The molecule has 0 fully saturated rings. The maximum atomic E-state index is 6.30. The van der Waals surface area contributed by atoms with Crippen molar-refractivity contribution < 1.29 is 9.47 Å². The zero-order chi connectivity index (χ0) is 14.5. The first-order valence-corrected chi connectivity index (χ1v) is 6.66. The van der Waals surface area contributed by atoms with Crippen LogP contribution < -0.4 is 14.8 Å². The topological polar surface area (TPSA) is 43.4 Å². The molecule has 0 amide bonds. The molecule has 106 valence electrons. The highest BCUT2D eigenvalue weighted by Crippen LogP contribution is 2.37. The van der Waals surface area contributed by atoms with Crippen LogP contribution in [0, 0.1) is 0 Å². The van der Waals surface area contributed by atoms with Crippen molar-refractivity contribution in [2.45, 2.75) is 6.54 Å². The summed E-state index contributed by atoms with van der Waals surface area (Å²) in [6, 6.07) is 7.28. The zero-order valence-corrected chi connectivity index (χ0v) is 12.6. The van der Waals surface area contributed by atoms with E-state index in [1.54, 1.807) is 26.5 Å². The molecule has 0 saturated carbocycles. The van der Waals surface area contributed by atoms with Gasteiger partial charge >= 0.3 is 0 Å². The molecule has 0 radical (unpaired) electrons. The van der Waals surface area contributed by atoms with Crippen LogP contribution >= 0.6 is 23.2 Å². The van der Waals surface area contributed by atoms with Gasteiger partial charge in [-0.2, -0.15) is 0 Å². The minimum atomic E-state index is 0.458. The number of hydrogen-bond donors (Lipinski definition) is 1. The molecule has 2 aromatic rings. The minimum Gasteiger partial charge on any atom is -0.493 e. The third kappa shape index (κ3) is 3.26. The lowest BCUT2D eigenvalue weighted by Crippen LogP contribution is -2.02. The Morgan fingerprint density at radius 2 is 1.90 bits per heavy atom. The predicted molar refractivity (Wildman–Crippen MR) is 81.1 cm³/mol. The second kappa shape index (κ2) is 6.68. The van der Waals surface area contributed by atoms with Crippen LogP contribution in [-0.4, -0.2) is 19.2 Å². The third-order valence-corrected chi connectivity index (χ3v) is 3.41. The Hall–Kier alpha value is -1.65. The van der Waals surface area contributed by atoms with E-state index in [0.29, 0.717) is 28.2 Å². The molecule has 1 N–H and O–H groups in total. The third-order valence-electron chi connectivity index (χ3n) is 2.78. The van der Waals surface area contributed by atoms with E-state index in [9.17, 15) is 0 Å². The fourth-order valence-electron chi connectivity index (χ4n) is 1.74. The number of nitrogens with one attached hydrogen (secondary N) is 1. The average Bonchev–Trinajstić information content (AvgIpc) is 2.47. The van der Waals surface area contributed by atoms with E-state index < -0.39 is 0 Å². The molecule has 2 rings (SSSR count). The van der Waals surface area contributed by atoms with Gasteiger partial charge in [0.1, 0.15) is 5.15 Å². The molecule has 0 bridgehead atoms. The number of ether oxygens (including phenoxy) is 2. The van der Waals surface area contributed by atoms with Gasteiger partial charge in [0.05, 0.1) is 31.1 Å². The Morgan fingerprint density at radius 1 is 1.10 bits per heavy atom. The molecule has 0 atom stereocenters. The number of halogens is 2. The lowest BCUT2D eigenvalue weighted by Gasteiger charge is -2.13. The smallest absolute Gasteiger partial charge is 0.179 e. The molecule has 1 aromatic carbocycles. The summed E-state index contributed by atoms with van der Waals surface area (Å²) in [5.41, 5.74) is 1.76. The van der Waals surface area contributed by atoms with Gasteiger partial charge in [-0.15, -0.1) is 0 Å². The summed E-state index contributed by atoms with van der Waals surface area (Å²) in [7, 11) is 3.13. The summed E-state index contributed by atoms with van der Waals surface area (Å²) >= 11 is 12.0. The van der Waals surface area contributed by atoms with Crippen molar-refractivity contribution in [3.05, 3.63) is 46.2 Å². The highest BCUT2D eigenvalue weighted by atomic mass is 35.5. The van der Waals surface area contributed by atoms with Crippen molar-refractivity contribution in [1.29, 1.82) is 0 Å². The van der Waals surface area contributed by atoms with Gasteiger partial charge in [0, 0.05) is 6.54 Å².